The van der Waals surface area contributed by atoms with Crippen LogP contribution in [0, 0.1) is 29.6 Å². The largest absolute Gasteiger partial charge is 0.271 e. The molecule has 0 spiro atoms. The molecule has 4 rings (SSSR count). The van der Waals surface area contributed by atoms with Crippen molar-refractivity contribution >= 4 is 0 Å². The van der Waals surface area contributed by atoms with Crippen LogP contribution in [0.3, 0.4) is 0 Å². The van der Waals surface area contributed by atoms with Gasteiger partial charge in [-0.2, -0.15) is 0 Å². The standard InChI is InChI=1S/C18H26N2/c1-10(2)11-3-5-12(6-4-11)18(20-19)17-15-13-7-8-14(9-13)16(15)17/h3-6,10,13-18,20H,7-9,19H2,1-2H3. The van der Waals surface area contributed by atoms with Crippen molar-refractivity contribution in [3.8, 4) is 0 Å². The Morgan fingerprint density at radius 1 is 1.00 bits per heavy atom. The summed E-state index contributed by atoms with van der Waals surface area (Å²) < 4.78 is 0. The summed E-state index contributed by atoms with van der Waals surface area (Å²) in [4.78, 5) is 0. The second-order valence-electron chi connectivity index (χ2n) is 7.53. The molecule has 3 fully saturated rings. The second kappa shape index (κ2) is 4.57. The third-order valence-corrected chi connectivity index (χ3v) is 6.32. The molecule has 2 heteroatoms. The molecule has 1 aromatic carbocycles. The van der Waals surface area contributed by atoms with Crippen LogP contribution in [0.25, 0.3) is 0 Å². The van der Waals surface area contributed by atoms with E-state index in [1.54, 1.807) is 0 Å². The van der Waals surface area contributed by atoms with Crippen molar-refractivity contribution in [1.82, 2.24) is 5.43 Å². The molecule has 0 radical (unpaired) electrons. The van der Waals surface area contributed by atoms with E-state index in [0.717, 1.165) is 29.6 Å². The first-order valence-electron chi connectivity index (χ1n) is 8.26. The average Bonchev–Trinajstić information content (AvgIpc) is 2.88. The number of benzene rings is 1. The Balaban J connectivity index is 1.54. The highest BCUT2D eigenvalue weighted by Crippen LogP contribution is 2.72. The smallest absolute Gasteiger partial charge is 0.0493 e. The third kappa shape index (κ3) is 1.78. The van der Waals surface area contributed by atoms with Crippen LogP contribution in [-0.2, 0) is 0 Å². The van der Waals surface area contributed by atoms with E-state index < -0.39 is 0 Å². The fourth-order valence-corrected chi connectivity index (χ4v) is 5.36. The number of nitrogens with one attached hydrogen (secondary N) is 1. The molecular formula is C18H26N2. The topological polar surface area (TPSA) is 38.0 Å². The van der Waals surface area contributed by atoms with Gasteiger partial charge in [-0.05, 0) is 65.9 Å². The van der Waals surface area contributed by atoms with Gasteiger partial charge in [0, 0.05) is 6.04 Å². The van der Waals surface area contributed by atoms with E-state index in [1.165, 1.54) is 30.4 Å². The number of rotatable bonds is 4. The molecule has 3 aliphatic rings. The second-order valence-corrected chi connectivity index (χ2v) is 7.53. The minimum Gasteiger partial charge on any atom is -0.271 e. The zero-order valence-corrected chi connectivity index (χ0v) is 12.5. The van der Waals surface area contributed by atoms with Gasteiger partial charge in [0.05, 0.1) is 0 Å². The summed E-state index contributed by atoms with van der Waals surface area (Å²) in [5, 5.41) is 0. The summed E-state index contributed by atoms with van der Waals surface area (Å²) in [7, 11) is 0. The van der Waals surface area contributed by atoms with E-state index in [9.17, 15) is 0 Å². The first-order valence-corrected chi connectivity index (χ1v) is 8.26. The van der Waals surface area contributed by atoms with Crippen molar-refractivity contribution in [2.45, 2.75) is 45.1 Å². The molecule has 0 saturated heterocycles. The van der Waals surface area contributed by atoms with Crippen molar-refractivity contribution in [2.75, 3.05) is 0 Å². The van der Waals surface area contributed by atoms with E-state index in [4.69, 9.17) is 5.84 Å². The summed E-state index contributed by atoms with van der Waals surface area (Å²) in [6, 6.07) is 9.49. The highest BCUT2D eigenvalue weighted by Gasteiger charge is 2.66. The Labute approximate surface area is 122 Å². The Morgan fingerprint density at radius 2 is 1.55 bits per heavy atom. The van der Waals surface area contributed by atoms with E-state index >= 15 is 0 Å². The Hall–Kier alpha value is -0.860. The fourth-order valence-electron chi connectivity index (χ4n) is 5.36. The van der Waals surface area contributed by atoms with Crippen LogP contribution in [0.15, 0.2) is 24.3 Å². The van der Waals surface area contributed by atoms with Crippen molar-refractivity contribution in [3.63, 3.8) is 0 Å². The molecule has 5 unspecified atom stereocenters. The summed E-state index contributed by atoms with van der Waals surface area (Å²) in [6.45, 7) is 4.49. The van der Waals surface area contributed by atoms with Crippen LogP contribution in [0.4, 0.5) is 0 Å². The van der Waals surface area contributed by atoms with Gasteiger partial charge in [-0.15, -0.1) is 0 Å². The van der Waals surface area contributed by atoms with Crippen molar-refractivity contribution in [1.29, 1.82) is 0 Å². The molecule has 2 bridgehead atoms. The van der Waals surface area contributed by atoms with Gasteiger partial charge in [0.2, 0.25) is 0 Å². The minimum atomic E-state index is 0.370. The molecule has 0 heterocycles. The van der Waals surface area contributed by atoms with Gasteiger partial charge in [-0.25, -0.2) is 0 Å². The van der Waals surface area contributed by atoms with Crippen molar-refractivity contribution in [3.05, 3.63) is 35.4 Å². The van der Waals surface area contributed by atoms with E-state index in [1.807, 2.05) is 0 Å². The zero-order chi connectivity index (χ0) is 13.9. The minimum absolute atomic E-state index is 0.370. The Bertz CT molecular complexity index is 477. The maximum absolute atomic E-state index is 5.91. The first kappa shape index (κ1) is 12.8. The summed E-state index contributed by atoms with van der Waals surface area (Å²) >= 11 is 0. The Kier molecular flexibility index (Phi) is 2.94. The lowest BCUT2D eigenvalue weighted by Gasteiger charge is -2.20. The molecule has 0 aromatic heterocycles. The van der Waals surface area contributed by atoms with Crippen LogP contribution < -0.4 is 11.3 Å². The number of nitrogens with two attached hydrogens (primary N) is 1. The first-order chi connectivity index (χ1) is 9.70. The van der Waals surface area contributed by atoms with Crippen LogP contribution in [0.2, 0.25) is 0 Å². The number of hydrogen-bond acceptors (Lipinski definition) is 2. The molecule has 2 nitrogen and oxygen atoms in total. The van der Waals surface area contributed by atoms with E-state index in [0.29, 0.717) is 12.0 Å². The van der Waals surface area contributed by atoms with Crippen LogP contribution in [0.5, 0.6) is 0 Å². The lowest BCUT2D eigenvalue weighted by molar-refractivity contribution is 0.374. The van der Waals surface area contributed by atoms with Gasteiger partial charge >= 0.3 is 0 Å². The molecule has 1 aromatic rings. The number of hydrogen-bond donors (Lipinski definition) is 2. The molecule has 3 saturated carbocycles. The maximum atomic E-state index is 5.91. The van der Waals surface area contributed by atoms with Gasteiger partial charge in [-0.3, -0.25) is 11.3 Å². The maximum Gasteiger partial charge on any atom is 0.0493 e. The lowest BCUT2D eigenvalue weighted by atomic mass is 9.92. The Morgan fingerprint density at radius 3 is 2.05 bits per heavy atom. The van der Waals surface area contributed by atoms with E-state index in [2.05, 4.69) is 43.5 Å². The highest BCUT2D eigenvalue weighted by molar-refractivity contribution is 5.30. The number of hydrazine groups is 1. The monoisotopic (exact) mass is 270 g/mol. The van der Waals surface area contributed by atoms with Crippen LogP contribution in [0.1, 0.15) is 56.2 Å². The molecule has 20 heavy (non-hydrogen) atoms. The molecule has 0 aliphatic heterocycles. The van der Waals surface area contributed by atoms with Crippen LogP contribution in [-0.4, -0.2) is 0 Å². The molecule has 3 aliphatic carbocycles. The fraction of sp³-hybridized carbons (Fsp3) is 0.667. The van der Waals surface area contributed by atoms with E-state index in [-0.39, 0.29) is 0 Å². The molecular weight excluding hydrogens is 244 g/mol. The van der Waals surface area contributed by atoms with Crippen molar-refractivity contribution in [2.24, 2.45) is 35.4 Å². The van der Waals surface area contributed by atoms with Gasteiger partial charge in [0.25, 0.3) is 0 Å². The summed E-state index contributed by atoms with van der Waals surface area (Å²) in [5.74, 6) is 11.3. The quantitative estimate of drug-likeness (QED) is 0.648. The summed E-state index contributed by atoms with van der Waals surface area (Å²) in [5.41, 5.74) is 5.93. The molecule has 5 atom stereocenters. The van der Waals surface area contributed by atoms with Gasteiger partial charge < -0.3 is 0 Å². The van der Waals surface area contributed by atoms with Crippen molar-refractivity contribution < 1.29 is 0 Å². The molecule has 108 valence electrons. The van der Waals surface area contributed by atoms with Gasteiger partial charge in [0.15, 0.2) is 0 Å². The average molecular weight is 270 g/mol. The van der Waals surface area contributed by atoms with Crippen LogP contribution >= 0.6 is 0 Å². The SMILES string of the molecule is CC(C)c1ccc(C(NN)C2C3C4CCC(C4)C32)cc1. The number of fused-ring (bicyclic) bond motifs is 5. The van der Waals surface area contributed by atoms with Gasteiger partial charge in [-0.1, -0.05) is 38.1 Å². The molecule has 3 N–H and O–H groups in total. The zero-order valence-electron chi connectivity index (χ0n) is 12.5. The summed E-state index contributed by atoms with van der Waals surface area (Å²) in [6.07, 6.45) is 4.47. The highest BCUT2D eigenvalue weighted by atomic mass is 15.2. The molecule has 0 amide bonds. The van der Waals surface area contributed by atoms with Gasteiger partial charge in [0.1, 0.15) is 0 Å². The predicted octanol–water partition coefficient (Wildman–Crippen LogP) is 3.61. The third-order valence-electron chi connectivity index (χ3n) is 6.32. The lowest BCUT2D eigenvalue weighted by Crippen LogP contribution is -2.31. The normalized spacial score (nSPS) is 39.1. The predicted molar refractivity (Wildman–Crippen MR) is 81.9 cm³/mol.